The third-order valence-electron chi connectivity index (χ3n) is 7.63. The average molecular weight is 367 g/mol. The van der Waals surface area contributed by atoms with Gasteiger partial charge in [-0.2, -0.15) is 0 Å². The molecule has 0 heterocycles. The fraction of sp³-hybridized carbons (Fsp3) is 0.579. The molecule has 0 aliphatic heterocycles. The molecule has 23 heavy (non-hydrogen) atoms. The lowest BCUT2D eigenvalue weighted by Gasteiger charge is -2.51. The van der Waals surface area contributed by atoms with Gasteiger partial charge in [-0.05, 0) is 41.7 Å². The summed E-state index contributed by atoms with van der Waals surface area (Å²) in [6.45, 7) is 3.79. The Balaban J connectivity index is 1.80. The molecule has 0 radical (unpaired) electrons. The van der Waals surface area contributed by atoms with Crippen LogP contribution in [0.3, 0.4) is 0 Å². The molecule has 4 heteroatoms. The number of allylic oxidation sites excluding steroid dienone is 1. The van der Waals surface area contributed by atoms with E-state index in [1.54, 1.807) is 0 Å². The zero-order valence-corrected chi connectivity index (χ0v) is 16.5. The molecule has 4 unspecified atom stereocenters. The molecule has 1 aromatic carbocycles. The van der Waals surface area contributed by atoms with Crippen molar-refractivity contribution in [2.45, 2.75) is 50.8 Å². The predicted molar refractivity (Wildman–Crippen MR) is 99.9 cm³/mol. The normalized spacial score (nSPS) is 40.6. The Morgan fingerprint density at radius 1 is 1.17 bits per heavy atom. The molecule has 1 N–H and O–H groups in total. The first kappa shape index (κ1) is 16.2. The van der Waals surface area contributed by atoms with Crippen LogP contribution < -0.4 is 0 Å². The standard InChI is InChI=1S/C19H24Cl2OSi/c1-17(2)14-10-11-18(17,3)19(22,12-14)23(20,21)16-9-8-13-6-4-5-7-15(13)16/h4-9,14,16,22H,10-12H2,1-3H3. The van der Waals surface area contributed by atoms with Crippen molar-refractivity contribution in [1.29, 1.82) is 0 Å². The van der Waals surface area contributed by atoms with Gasteiger partial charge in [0, 0.05) is 11.0 Å². The zero-order chi connectivity index (χ0) is 16.7. The lowest BCUT2D eigenvalue weighted by atomic mass is 9.69. The minimum Gasteiger partial charge on any atom is -0.390 e. The minimum absolute atomic E-state index is 0.0287. The van der Waals surface area contributed by atoms with Crippen LogP contribution in [0.4, 0.5) is 0 Å². The Bertz CT molecular complexity index is 698. The second-order valence-electron chi connectivity index (χ2n) is 8.44. The second-order valence-corrected chi connectivity index (χ2v) is 15.3. The van der Waals surface area contributed by atoms with E-state index < -0.39 is 11.9 Å². The van der Waals surface area contributed by atoms with E-state index >= 15 is 0 Å². The summed E-state index contributed by atoms with van der Waals surface area (Å²) in [6, 6.07) is 8.28. The Morgan fingerprint density at radius 2 is 1.87 bits per heavy atom. The highest BCUT2D eigenvalue weighted by Crippen LogP contribution is 2.73. The molecule has 2 fully saturated rings. The molecule has 124 valence electrons. The molecule has 3 aliphatic rings. The molecular weight excluding hydrogens is 343 g/mol. The molecule has 3 aliphatic carbocycles. The van der Waals surface area contributed by atoms with Crippen LogP contribution in [0.2, 0.25) is 0 Å². The minimum atomic E-state index is -3.01. The van der Waals surface area contributed by atoms with Crippen LogP contribution in [-0.2, 0) is 0 Å². The maximum atomic E-state index is 11.9. The van der Waals surface area contributed by atoms with Crippen molar-refractivity contribution in [3.05, 3.63) is 41.5 Å². The van der Waals surface area contributed by atoms with Crippen molar-refractivity contribution < 1.29 is 5.11 Å². The number of benzene rings is 1. The summed E-state index contributed by atoms with van der Waals surface area (Å²) in [5.41, 5.74) is 2.23. The average Bonchev–Trinajstić information content (AvgIpc) is 3.06. The van der Waals surface area contributed by atoms with Crippen LogP contribution in [0.15, 0.2) is 30.3 Å². The molecular formula is C19H24Cl2OSi. The number of fused-ring (bicyclic) bond motifs is 3. The molecule has 1 nitrogen and oxygen atoms in total. The SMILES string of the molecule is CC1(C)C2CCC1(C)C(O)([Si](Cl)(Cl)C1C=Cc3ccccc31)C2. The van der Waals surface area contributed by atoms with E-state index in [9.17, 15) is 5.11 Å². The van der Waals surface area contributed by atoms with Crippen molar-refractivity contribution in [2.75, 3.05) is 0 Å². The van der Waals surface area contributed by atoms with Crippen molar-refractivity contribution in [3.8, 4) is 0 Å². The van der Waals surface area contributed by atoms with Gasteiger partial charge in [0.05, 0.1) is 5.22 Å². The van der Waals surface area contributed by atoms with E-state index in [4.69, 9.17) is 22.2 Å². The molecule has 1 aromatic rings. The Labute approximate surface area is 149 Å². The summed E-state index contributed by atoms with van der Waals surface area (Å²) in [6.07, 6.45) is 7.19. The van der Waals surface area contributed by atoms with Gasteiger partial charge in [-0.25, -0.2) is 0 Å². The highest BCUT2D eigenvalue weighted by atomic mass is 35.7. The molecule has 2 bridgehead atoms. The van der Waals surface area contributed by atoms with E-state index in [1.807, 2.05) is 12.1 Å². The van der Waals surface area contributed by atoms with Crippen molar-refractivity contribution in [1.82, 2.24) is 0 Å². The summed E-state index contributed by atoms with van der Waals surface area (Å²) in [4.78, 5) is 0. The van der Waals surface area contributed by atoms with Crippen LogP contribution in [0.5, 0.6) is 0 Å². The van der Waals surface area contributed by atoms with Crippen molar-refractivity contribution in [2.24, 2.45) is 16.7 Å². The van der Waals surface area contributed by atoms with E-state index in [0.29, 0.717) is 5.92 Å². The Hall–Kier alpha value is -0.283. The fourth-order valence-electron chi connectivity index (χ4n) is 5.60. The molecule has 0 amide bonds. The zero-order valence-electron chi connectivity index (χ0n) is 13.9. The van der Waals surface area contributed by atoms with E-state index in [2.05, 4.69) is 45.1 Å². The van der Waals surface area contributed by atoms with Crippen molar-refractivity contribution in [3.63, 3.8) is 0 Å². The van der Waals surface area contributed by atoms with Gasteiger partial charge < -0.3 is 5.11 Å². The number of halogens is 2. The first-order valence-electron chi connectivity index (χ1n) is 8.52. The van der Waals surface area contributed by atoms with Gasteiger partial charge in [-0.3, -0.25) is 0 Å². The van der Waals surface area contributed by atoms with Gasteiger partial charge in [-0.15, -0.1) is 22.2 Å². The monoisotopic (exact) mass is 366 g/mol. The van der Waals surface area contributed by atoms with Crippen molar-refractivity contribution >= 4 is 34.9 Å². The highest BCUT2D eigenvalue weighted by molar-refractivity contribution is 7.47. The van der Waals surface area contributed by atoms with Gasteiger partial charge in [-0.1, -0.05) is 57.2 Å². The molecule has 4 rings (SSSR count). The lowest BCUT2D eigenvalue weighted by molar-refractivity contribution is -0.0298. The van der Waals surface area contributed by atoms with Gasteiger partial charge in [0.1, 0.15) is 0 Å². The summed E-state index contributed by atoms with van der Waals surface area (Å²) in [5, 5.41) is 10.9. The van der Waals surface area contributed by atoms with Crippen LogP contribution >= 0.6 is 22.2 Å². The number of rotatable bonds is 2. The number of aliphatic hydroxyl groups is 1. The maximum Gasteiger partial charge on any atom is 0.293 e. The molecule has 0 aromatic heterocycles. The highest BCUT2D eigenvalue weighted by Gasteiger charge is 2.76. The molecule has 2 saturated carbocycles. The number of hydrogen-bond acceptors (Lipinski definition) is 1. The summed E-state index contributed by atoms with van der Waals surface area (Å²) < 4.78 is 0. The largest absolute Gasteiger partial charge is 0.390 e. The predicted octanol–water partition coefficient (Wildman–Crippen LogP) is 5.37. The van der Waals surface area contributed by atoms with Crippen LogP contribution in [-0.4, -0.2) is 17.0 Å². The topological polar surface area (TPSA) is 20.2 Å². The first-order chi connectivity index (χ1) is 10.7. The first-order valence-corrected chi connectivity index (χ1v) is 12.6. The quantitative estimate of drug-likeness (QED) is 0.550. The smallest absolute Gasteiger partial charge is 0.293 e. The summed E-state index contributed by atoms with van der Waals surface area (Å²) >= 11 is 14.3. The molecule has 0 saturated heterocycles. The Kier molecular flexibility index (Phi) is 3.28. The van der Waals surface area contributed by atoms with Gasteiger partial charge in [0.25, 0.3) is 6.69 Å². The van der Waals surface area contributed by atoms with Crippen LogP contribution in [0.25, 0.3) is 6.08 Å². The summed E-state index contributed by atoms with van der Waals surface area (Å²) in [5.74, 6) is 0.516. The Morgan fingerprint density at radius 3 is 2.48 bits per heavy atom. The van der Waals surface area contributed by atoms with E-state index in [-0.39, 0.29) is 16.4 Å². The van der Waals surface area contributed by atoms with Gasteiger partial charge >= 0.3 is 0 Å². The van der Waals surface area contributed by atoms with E-state index in [0.717, 1.165) is 12.8 Å². The number of hydrogen-bond donors (Lipinski definition) is 1. The lowest BCUT2D eigenvalue weighted by Crippen LogP contribution is -2.63. The fourth-order valence-corrected chi connectivity index (χ4v) is 11.7. The maximum absolute atomic E-state index is 11.9. The second kappa shape index (κ2) is 4.66. The van der Waals surface area contributed by atoms with Crippen LogP contribution in [0.1, 0.15) is 56.7 Å². The van der Waals surface area contributed by atoms with Gasteiger partial charge in [0.2, 0.25) is 0 Å². The third kappa shape index (κ3) is 1.74. The molecule has 4 atom stereocenters. The molecule has 0 spiro atoms. The summed E-state index contributed by atoms with van der Waals surface area (Å²) in [7, 11) is 0. The van der Waals surface area contributed by atoms with Gasteiger partial charge in [0.15, 0.2) is 0 Å². The van der Waals surface area contributed by atoms with Crippen LogP contribution in [0, 0.1) is 16.7 Å². The third-order valence-corrected chi connectivity index (χ3v) is 14.1. The van der Waals surface area contributed by atoms with E-state index in [1.165, 1.54) is 17.5 Å².